The third-order valence-electron chi connectivity index (χ3n) is 2.47. The number of hydrogen-bond donors (Lipinski definition) is 1. The molecule has 0 spiro atoms. The van der Waals surface area contributed by atoms with Crippen LogP contribution in [0.3, 0.4) is 0 Å². The molecule has 0 aliphatic carbocycles. The van der Waals surface area contributed by atoms with E-state index in [0.717, 1.165) is 30.8 Å². The van der Waals surface area contributed by atoms with Crippen molar-refractivity contribution in [1.29, 1.82) is 0 Å². The number of rotatable bonds is 2. The van der Waals surface area contributed by atoms with Crippen molar-refractivity contribution in [3.8, 4) is 0 Å². The Labute approximate surface area is 112 Å². The smallest absolute Gasteiger partial charge is 0.179 e. The van der Waals surface area contributed by atoms with Gasteiger partial charge in [0.2, 0.25) is 0 Å². The minimum Gasteiger partial charge on any atom is -0.398 e. The lowest BCUT2D eigenvalue weighted by Gasteiger charge is -2.05. The van der Waals surface area contributed by atoms with Crippen LogP contribution in [0, 0.1) is 6.92 Å². The lowest BCUT2D eigenvalue weighted by molar-refractivity contribution is 0.984. The summed E-state index contributed by atoms with van der Waals surface area (Å²) in [4.78, 5) is 5.45. The van der Waals surface area contributed by atoms with Crippen LogP contribution < -0.4 is 5.73 Å². The maximum absolute atomic E-state index is 5.95. The number of nitrogen functional groups attached to an aromatic ring is 1. The maximum Gasteiger partial charge on any atom is 0.179 e. The number of fused-ring (bicyclic) bond motifs is 1. The van der Waals surface area contributed by atoms with E-state index in [1.165, 1.54) is 0 Å². The van der Waals surface area contributed by atoms with Crippen LogP contribution in [-0.2, 0) is 0 Å². The molecule has 0 aliphatic heterocycles. The first-order valence-electron chi connectivity index (χ1n) is 5.35. The molecule has 0 unspecified atom stereocenters. The largest absolute Gasteiger partial charge is 0.398 e. The minimum absolute atomic E-state index is 0.746. The highest BCUT2D eigenvalue weighted by molar-refractivity contribution is 8.01. The summed E-state index contributed by atoms with van der Waals surface area (Å²) in [6.45, 7) is 1.95. The summed E-state index contributed by atoms with van der Waals surface area (Å²) in [6.07, 6.45) is 1.77. The van der Waals surface area contributed by atoms with E-state index in [-0.39, 0.29) is 0 Å². The van der Waals surface area contributed by atoms with Crippen molar-refractivity contribution < 1.29 is 0 Å². The van der Waals surface area contributed by atoms with Crippen LogP contribution in [0.1, 0.15) is 5.01 Å². The number of hydrogen-bond acceptors (Lipinski definition) is 6. The van der Waals surface area contributed by atoms with Crippen molar-refractivity contribution in [2.75, 3.05) is 5.73 Å². The first-order chi connectivity index (χ1) is 8.74. The molecule has 0 saturated carbocycles. The Hall–Kier alpha value is -1.66. The van der Waals surface area contributed by atoms with E-state index in [2.05, 4.69) is 15.2 Å². The number of aromatic nitrogens is 3. The van der Waals surface area contributed by atoms with E-state index in [0.29, 0.717) is 0 Å². The SMILES string of the molecule is Cc1nnc(Sc2ccc(N)c3cccnc23)s1. The second-order valence-electron chi connectivity index (χ2n) is 3.74. The molecule has 90 valence electrons. The highest BCUT2D eigenvalue weighted by Gasteiger charge is 2.09. The van der Waals surface area contributed by atoms with Crippen LogP contribution in [0.15, 0.2) is 39.7 Å². The Morgan fingerprint density at radius 1 is 1.22 bits per heavy atom. The van der Waals surface area contributed by atoms with Gasteiger partial charge in [-0.3, -0.25) is 4.98 Å². The van der Waals surface area contributed by atoms with Crippen LogP contribution >= 0.6 is 23.1 Å². The van der Waals surface area contributed by atoms with Gasteiger partial charge < -0.3 is 5.73 Å². The Kier molecular flexibility index (Phi) is 2.89. The zero-order valence-electron chi connectivity index (χ0n) is 9.62. The van der Waals surface area contributed by atoms with Gasteiger partial charge >= 0.3 is 0 Å². The molecule has 3 aromatic rings. The number of aryl methyl sites for hydroxylation is 1. The van der Waals surface area contributed by atoms with Gasteiger partial charge in [0, 0.05) is 22.2 Å². The summed E-state index contributed by atoms with van der Waals surface area (Å²) in [5, 5.41) is 10.1. The summed E-state index contributed by atoms with van der Waals surface area (Å²) in [7, 11) is 0. The van der Waals surface area contributed by atoms with E-state index in [1.807, 2.05) is 31.2 Å². The minimum atomic E-state index is 0.746. The third-order valence-corrected chi connectivity index (χ3v) is 4.41. The van der Waals surface area contributed by atoms with Crippen LogP contribution in [0.2, 0.25) is 0 Å². The van der Waals surface area contributed by atoms with Crippen LogP contribution in [-0.4, -0.2) is 15.2 Å². The van der Waals surface area contributed by atoms with E-state index in [9.17, 15) is 0 Å². The van der Waals surface area contributed by atoms with Gasteiger partial charge in [0.15, 0.2) is 4.34 Å². The number of anilines is 1. The standard InChI is InChI=1S/C12H10N4S2/c1-7-15-16-12(17-7)18-10-5-4-9(13)8-3-2-6-14-11(8)10/h2-6H,13H2,1H3. The van der Waals surface area contributed by atoms with Crippen molar-refractivity contribution >= 4 is 39.7 Å². The first-order valence-corrected chi connectivity index (χ1v) is 6.98. The predicted molar refractivity (Wildman–Crippen MR) is 74.9 cm³/mol. The van der Waals surface area contributed by atoms with Crippen molar-refractivity contribution in [2.24, 2.45) is 0 Å². The highest BCUT2D eigenvalue weighted by atomic mass is 32.2. The van der Waals surface area contributed by atoms with Gasteiger partial charge in [0.1, 0.15) is 5.01 Å². The van der Waals surface area contributed by atoms with Crippen LogP contribution in [0.25, 0.3) is 10.9 Å². The van der Waals surface area contributed by atoms with Crippen molar-refractivity contribution in [1.82, 2.24) is 15.2 Å². The fraction of sp³-hybridized carbons (Fsp3) is 0.0833. The molecular formula is C12H10N4S2. The van der Waals surface area contributed by atoms with Crippen molar-refractivity contribution in [3.63, 3.8) is 0 Å². The lowest BCUT2D eigenvalue weighted by Crippen LogP contribution is -1.89. The first kappa shape index (κ1) is 11.4. The fourth-order valence-electron chi connectivity index (χ4n) is 1.66. The van der Waals surface area contributed by atoms with Gasteiger partial charge in [0.05, 0.1) is 5.52 Å². The van der Waals surface area contributed by atoms with E-state index >= 15 is 0 Å². The van der Waals surface area contributed by atoms with Gasteiger partial charge in [-0.25, -0.2) is 0 Å². The Balaban J connectivity index is 2.09. The number of nitrogens with two attached hydrogens (primary N) is 1. The number of nitrogens with zero attached hydrogens (tertiary/aromatic N) is 3. The lowest BCUT2D eigenvalue weighted by atomic mass is 10.2. The normalized spacial score (nSPS) is 10.9. The van der Waals surface area contributed by atoms with Gasteiger partial charge in [0.25, 0.3) is 0 Å². The summed E-state index contributed by atoms with van der Waals surface area (Å²) >= 11 is 3.15. The topological polar surface area (TPSA) is 64.7 Å². The number of pyridine rings is 1. The summed E-state index contributed by atoms with van der Waals surface area (Å²) < 4.78 is 0.921. The average molecular weight is 274 g/mol. The molecule has 6 heteroatoms. The average Bonchev–Trinajstić information content (AvgIpc) is 2.79. The molecular weight excluding hydrogens is 264 g/mol. The predicted octanol–water partition coefficient (Wildman–Crippen LogP) is 3.13. The molecule has 3 rings (SSSR count). The molecule has 0 amide bonds. The Morgan fingerprint density at radius 3 is 2.89 bits per heavy atom. The molecule has 0 fully saturated rings. The zero-order chi connectivity index (χ0) is 12.5. The fourth-order valence-corrected chi connectivity index (χ4v) is 3.54. The van der Waals surface area contributed by atoms with Crippen LogP contribution in [0.5, 0.6) is 0 Å². The monoisotopic (exact) mass is 274 g/mol. The quantitative estimate of drug-likeness (QED) is 0.727. The number of benzene rings is 1. The molecule has 0 bridgehead atoms. The van der Waals surface area contributed by atoms with Crippen LogP contribution in [0.4, 0.5) is 5.69 Å². The molecule has 18 heavy (non-hydrogen) atoms. The van der Waals surface area contributed by atoms with E-state index < -0.39 is 0 Å². The summed E-state index contributed by atoms with van der Waals surface area (Å²) in [5.74, 6) is 0. The molecule has 2 heterocycles. The summed E-state index contributed by atoms with van der Waals surface area (Å²) in [6, 6.07) is 7.75. The highest BCUT2D eigenvalue weighted by Crippen LogP contribution is 2.35. The van der Waals surface area contributed by atoms with Crippen molar-refractivity contribution in [2.45, 2.75) is 16.2 Å². The zero-order valence-corrected chi connectivity index (χ0v) is 11.3. The Bertz CT molecular complexity index is 708. The van der Waals surface area contributed by atoms with Gasteiger partial charge in [-0.2, -0.15) is 0 Å². The molecule has 2 N–H and O–H groups in total. The second-order valence-corrected chi connectivity index (χ2v) is 6.21. The van der Waals surface area contributed by atoms with Gasteiger partial charge in [-0.1, -0.05) is 23.1 Å². The molecule has 0 saturated heterocycles. The molecule has 4 nitrogen and oxygen atoms in total. The molecule has 1 aromatic carbocycles. The maximum atomic E-state index is 5.95. The van der Waals surface area contributed by atoms with Gasteiger partial charge in [-0.15, -0.1) is 10.2 Å². The molecule has 0 radical (unpaired) electrons. The van der Waals surface area contributed by atoms with E-state index in [1.54, 1.807) is 29.3 Å². The second kappa shape index (κ2) is 4.55. The Morgan fingerprint density at radius 2 is 2.11 bits per heavy atom. The van der Waals surface area contributed by atoms with Gasteiger partial charge in [-0.05, 0) is 31.2 Å². The van der Waals surface area contributed by atoms with Crippen molar-refractivity contribution in [3.05, 3.63) is 35.5 Å². The molecule has 2 aromatic heterocycles. The molecule has 0 atom stereocenters. The van der Waals surface area contributed by atoms with E-state index in [4.69, 9.17) is 5.73 Å². The third kappa shape index (κ3) is 2.04. The molecule has 0 aliphatic rings. The summed E-state index contributed by atoms with van der Waals surface area (Å²) in [5.41, 5.74) is 7.61.